The first-order valence-corrected chi connectivity index (χ1v) is 8.52. The van der Waals surface area contributed by atoms with E-state index in [1.165, 1.54) is 0 Å². The number of amides is 1. The van der Waals surface area contributed by atoms with Crippen molar-refractivity contribution in [3.05, 3.63) is 34.9 Å². The van der Waals surface area contributed by atoms with Gasteiger partial charge in [0.1, 0.15) is 0 Å². The van der Waals surface area contributed by atoms with Crippen molar-refractivity contribution in [2.75, 3.05) is 19.6 Å². The van der Waals surface area contributed by atoms with Crippen molar-refractivity contribution in [2.45, 2.75) is 37.5 Å². The minimum atomic E-state index is 0.0542. The summed E-state index contributed by atoms with van der Waals surface area (Å²) in [4.78, 5) is 15.1. The Hall–Kier alpha value is -1.10. The zero-order chi connectivity index (χ0) is 15.1. The van der Waals surface area contributed by atoms with Gasteiger partial charge in [0.25, 0.3) is 0 Å². The number of carbonyl (C=O) groups is 1. The van der Waals surface area contributed by atoms with Gasteiger partial charge in [-0.1, -0.05) is 23.7 Å². The van der Waals surface area contributed by atoms with Crippen LogP contribution in [0.1, 0.15) is 30.9 Å². The largest absolute Gasteiger partial charge is 0.374 e. The van der Waals surface area contributed by atoms with E-state index in [0.717, 1.165) is 49.5 Å². The normalized spacial score (nSPS) is 34.1. The molecule has 3 aliphatic rings. The number of rotatable bonds is 2. The van der Waals surface area contributed by atoms with Gasteiger partial charge in [0.05, 0.1) is 24.2 Å². The van der Waals surface area contributed by atoms with Crippen LogP contribution in [0.15, 0.2) is 24.3 Å². The third kappa shape index (κ3) is 2.53. The second-order valence-corrected chi connectivity index (χ2v) is 6.96. The van der Waals surface area contributed by atoms with E-state index >= 15 is 0 Å². The Bertz CT molecular complexity index is 580. The lowest BCUT2D eigenvalue weighted by atomic mass is 9.87. The molecule has 22 heavy (non-hydrogen) atoms. The van der Waals surface area contributed by atoms with E-state index in [4.69, 9.17) is 16.3 Å². The van der Waals surface area contributed by atoms with Crippen molar-refractivity contribution in [1.29, 1.82) is 0 Å². The number of nitrogens with one attached hydrogen (secondary N) is 1. The molecule has 4 unspecified atom stereocenters. The summed E-state index contributed by atoms with van der Waals surface area (Å²) in [6.07, 6.45) is 3.51. The molecule has 1 aromatic rings. The predicted molar refractivity (Wildman–Crippen MR) is 84.8 cm³/mol. The van der Waals surface area contributed by atoms with Crippen LogP contribution in [0, 0.1) is 5.92 Å². The summed E-state index contributed by atoms with van der Waals surface area (Å²) >= 11 is 6.13. The van der Waals surface area contributed by atoms with Crippen molar-refractivity contribution >= 4 is 17.5 Å². The molecule has 1 aromatic carbocycles. The fourth-order valence-corrected chi connectivity index (χ4v) is 4.29. The molecule has 0 radical (unpaired) electrons. The Labute approximate surface area is 135 Å². The summed E-state index contributed by atoms with van der Waals surface area (Å²) in [5, 5.41) is 4.12. The van der Waals surface area contributed by atoms with E-state index in [1.807, 2.05) is 23.1 Å². The van der Waals surface area contributed by atoms with Crippen LogP contribution in [-0.4, -0.2) is 42.6 Å². The van der Waals surface area contributed by atoms with E-state index in [1.54, 1.807) is 0 Å². The molecule has 1 N–H and O–H groups in total. The molecule has 3 fully saturated rings. The molecule has 4 rings (SSSR count). The Balaban J connectivity index is 1.57. The minimum Gasteiger partial charge on any atom is -0.374 e. The highest BCUT2D eigenvalue weighted by Crippen LogP contribution is 2.40. The number of hydrogen-bond acceptors (Lipinski definition) is 3. The molecule has 5 heteroatoms. The SMILES string of the molecule is O=C(C1CC2CCC1O2)N1CCNCC1c1cccc(Cl)c1. The van der Waals surface area contributed by atoms with Crippen LogP contribution in [-0.2, 0) is 9.53 Å². The lowest BCUT2D eigenvalue weighted by Gasteiger charge is -2.39. The molecule has 1 amide bonds. The van der Waals surface area contributed by atoms with Gasteiger partial charge in [-0.25, -0.2) is 0 Å². The van der Waals surface area contributed by atoms with Crippen molar-refractivity contribution in [3.63, 3.8) is 0 Å². The number of benzene rings is 1. The summed E-state index contributed by atoms with van der Waals surface area (Å²) in [6.45, 7) is 2.39. The van der Waals surface area contributed by atoms with Crippen molar-refractivity contribution < 1.29 is 9.53 Å². The van der Waals surface area contributed by atoms with E-state index in [0.29, 0.717) is 6.10 Å². The fourth-order valence-electron chi connectivity index (χ4n) is 4.09. The number of nitrogens with zero attached hydrogens (tertiary/aromatic N) is 1. The number of carbonyl (C=O) groups excluding carboxylic acids is 1. The second-order valence-electron chi connectivity index (χ2n) is 6.52. The number of halogens is 1. The van der Waals surface area contributed by atoms with Crippen LogP contribution in [0.25, 0.3) is 0 Å². The fraction of sp³-hybridized carbons (Fsp3) is 0.588. The number of fused-ring (bicyclic) bond motifs is 2. The number of ether oxygens (including phenoxy) is 1. The monoisotopic (exact) mass is 320 g/mol. The standard InChI is InChI=1S/C17H21ClN2O2/c18-12-3-1-2-11(8-12)15-10-19-6-7-20(15)17(21)14-9-13-4-5-16(14)22-13/h1-3,8,13-16,19H,4-7,9-10H2. The summed E-state index contributed by atoms with van der Waals surface area (Å²) < 4.78 is 5.87. The first-order valence-electron chi connectivity index (χ1n) is 8.14. The van der Waals surface area contributed by atoms with Gasteiger partial charge >= 0.3 is 0 Å². The zero-order valence-electron chi connectivity index (χ0n) is 12.5. The van der Waals surface area contributed by atoms with Gasteiger partial charge in [0, 0.05) is 24.7 Å². The highest BCUT2D eigenvalue weighted by atomic mass is 35.5. The molecule has 3 saturated heterocycles. The Morgan fingerprint density at radius 1 is 1.36 bits per heavy atom. The summed E-state index contributed by atoms with van der Waals surface area (Å²) in [5.41, 5.74) is 1.11. The first-order chi connectivity index (χ1) is 10.7. The van der Waals surface area contributed by atoms with E-state index in [9.17, 15) is 4.79 Å². The highest BCUT2D eigenvalue weighted by Gasteiger charge is 2.46. The first kappa shape index (κ1) is 14.5. The third-order valence-corrected chi connectivity index (χ3v) is 5.42. The van der Waals surface area contributed by atoms with E-state index < -0.39 is 0 Å². The number of hydrogen-bond donors (Lipinski definition) is 1. The Morgan fingerprint density at radius 2 is 2.27 bits per heavy atom. The van der Waals surface area contributed by atoms with Gasteiger partial charge in [-0.15, -0.1) is 0 Å². The molecular weight excluding hydrogens is 300 g/mol. The van der Waals surface area contributed by atoms with E-state index in [-0.39, 0.29) is 24.0 Å². The van der Waals surface area contributed by atoms with Gasteiger partial charge in [0.15, 0.2) is 0 Å². The average molecular weight is 321 g/mol. The van der Waals surface area contributed by atoms with E-state index in [2.05, 4.69) is 11.4 Å². The van der Waals surface area contributed by atoms with Gasteiger partial charge < -0.3 is 15.0 Å². The molecule has 2 bridgehead atoms. The summed E-state index contributed by atoms with van der Waals surface area (Å²) in [6, 6.07) is 7.92. The quantitative estimate of drug-likeness (QED) is 0.909. The van der Waals surface area contributed by atoms with Crippen LogP contribution in [0.5, 0.6) is 0 Å². The molecule has 3 heterocycles. The topological polar surface area (TPSA) is 41.6 Å². The lowest BCUT2D eigenvalue weighted by molar-refractivity contribution is -0.140. The summed E-state index contributed by atoms with van der Waals surface area (Å²) in [5.74, 6) is 0.317. The number of piperazine rings is 1. The predicted octanol–water partition coefficient (Wildman–Crippen LogP) is 2.38. The molecule has 118 valence electrons. The van der Waals surface area contributed by atoms with Crippen molar-refractivity contribution in [2.24, 2.45) is 5.92 Å². The zero-order valence-corrected chi connectivity index (χ0v) is 13.3. The minimum absolute atomic E-state index is 0.0542. The molecule has 0 aliphatic carbocycles. The van der Waals surface area contributed by atoms with Crippen LogP contribution in [0.3, 0.4) is 0 Å². The van der Waals surface area contributed by atoms with Crippen LogP contribution in [0.4, 0.5) is 0 Å². The lowest BCUT2D eigenvalue weighted by Crippen LogP contribution is -2.51. The van der Waals surface area contributed by atoms with Crippen LogP contribution < -0.4 is 5.32 Å². The van der Waals surface area contributed by atoms with Crippen LogP contribution in [0.2, 0.25) is 5.02 Å². The average Bonchev–Trinajstić information content (AvgIpc) is 3.17. The molecule has 0 spiro atoms. The Morgan fingerprint density at radius 3 is 3.00 bits per heavy atom. The molecular formula is C17H21ClN2O2. The van der Waals surface area contributed by atoms with Crippen molar-refractivity contribution in [3.8, 4) is 0 Å². The molecule has 4 atom stereocenters. The van der Waals surface area contributed by atoms with Crippen LogP contribution >= 0.6 is 11.6 Å². The van der Waals surface area contributed by atoms with Gasteiger partial charge in [-0.2, -0.15) is 0 Å². The smallest absolute Gasteiger partial charge is 0.229 e. The second kappa shape index (κ2) is 5.84. The van der Waals surface area contributed by atoms with Gasteiger partial charge in [0.2, 0.25) is 5.91 Å². The molecule has 0 aromatic heterocycles. The van der Waals surface area contributed by atoms with Crippen molar-refractivity contribution in [1.82, 2.24) is 10.2 Å². The molecule has 0 saturated carbocycles. The third-order valence-electron chi connectivity index (χ3n) is 5.18. The maximum atomic E-state index is 13.0. The van der Waals surface area contributed by atoms with Gasteiger partial charge in [-0.3, -0.25) is 4.79 Å². The maximum absolute atomic E-state index is 13.0. The molecule has 3 aliphatic heterocycles. The highest BCUT2D eigenvalue weighted by molar-refractivity contribution is 6.30. The Kier molecular flexibility index (Phi) is 3.84. The molecule has 4 nitrogen and oxygen atoms in total. The summed E-state index contributed by atoms with van der Waals surface area (Å²) in [7, 11) is 0. The maximum Gasteiger partial charge on any atom is 0.229 e. The van der Waals surface area contributed by atoms with Gasteiger partial charge in [-0.05, 0) is 37.0 Å².